The largest absolute Gasteiger partial charge is 0.396 e. The van der Waals surface area contributed by atoms with Crippen molar-refractivity contribution in [2.24, 2.45) is 5.73 Å². The number of aliphatic hydroxyl groups excluding tert-OH is 1. The molecule has 1 aromatic rings. The third-order valence-corrected chi connectivity index (χ3v) is 3.73. The molecule has 0 spiro atoms. The Kier molecular flexibility index (Phi) is 3.29. The summed E-state index contributed by atoms with van der Waals surface area (Å²) in [6.07, 6.45) is 0.597. The van der Waals surface area contributed by atoms with Crippen molar-refractivity contribution in [1.29, 1.82) is 0 Å². The Morgan fingerprint density at radius 2 is 2.42 bits per heavy atom. The van der Waals surface area contributed by atoms with E-state index in [-0.39, 0.29) is 6.61 Å². The van der Waals surface area contributed by atoms with E-state index in [0.29, 0.717) is 6.42 Å². The van der Waals surface area contributed by atoms with Gasteiger partial charge in [-0.1, -0.05) is 0 Å². The number of hydrogen-bond acceptors (Lipinski definition) is 3. The first-order chi connectivity index (χ1) is 5.56. The van der Waals surface area contributed by atoms with Crippen molar-refractivity contribution < 1.29 is 5.11 Å². The third kappa shape index (κ3) is 2.29. The van der Waals surface area contributed by atoms with Crippen LogP contribution in [0.15, 0.2) is 15.9 Å². The highest BCUT2D eigenvalue weighted by atomic mass is 79.9. The van der Waals surface area contributed by atoms with Crippen LogP contribution in [0.2, 0.25) is 0 Å². The standard InChI is InChI=1S/C8H12BrNOS/c1-8(10,2-3-11)7-4-6(9)5-12-7/h4-5,11H,2-3,10H2,1H3/t8-/m0/s1. The highest BCUT2D eigenvalue weighted by Gasteiger charge is 2.21. The lowest BCUT2D eigenvalue weighted by atomic mass is 9.98. The monoisotopic (exact) mass is 249 g/mol. The fourth-order valence-electron chi connectivity index (χ4n) is 0.968. The molecule has 0 saturated carbocycles. The van der Waals surface area contributed by atoms with E-state index >= 15 is 0 Å². The van der Waals surface area contributed by atoms with Gasteiger partial charge in [-0.2, -0.15) is 0 Å². The second kappa shape index (κ2) is 3.87. The molecular weight excluding hydrogens is 238 g/mol. The van der Waals surface area contributed by atoms with E-state index in [1.807, 2.05) is 18.4 Å². The van der Waals surface area contributed by atoms with Gasteiger partial charge in [0.25, 0.3) is 0 Å². The van der Waals surface area contributed by atoms with Crippen LogP contribution in [0.25, 0.3) is 0 Å². The first-order valence-electron chi connectivity index (χ1n) is 3.70. The summed E-state index contributed by atoms with van der Waals surface area (Å²) in [5, 5.41) is 10.8. The van der Waals surface area contributed by atoms with Crippen LogP contribution in [-0.4, -0.2) is 11.7 Å². The summed E-state index contributed by atoms with van der Waals surface area (Å²) < 4.78 is 1.05. The number of rotatable bonds is 3. The molecule has 1 heterocycles. The summed E-state index contributed by atoms with van der Waals surface area (Å²) in [5.74, 6) is 0. The van der Waals surface area contributed by atoms with Crippen molar-refractivity contribution in [3.8, 4) is 0 Å². The van der Waals surface area contributed by atoms with Crippen LogP contribution in [-0.2, 0) is 5.54 Å². The highest BCUT2D eigenvalue weighted by molar-refractivity contribution is 9.10. The quantitative estimate of drug-likeness (QED) is 0.862. The molecular formula is C8H12BrNOS. The van der Waals surface area contributed by atoms with E-state index in [2.05, 4.69) is 15.9 Å². The molecule has 1 rings (SSSR count). The lowest BCUT2D eigenvalue weighted by molar-refractivity contribution is 0.249. The van der Waals surface area contributed by atoms with Crippen LogP contribution in [0, 0.1) is 0 Å². The second-order valence-electron chi connectivity index (χ2n) is 3.02. The number of halogens is 1. The molecule has 0 fully saturated rings. The van der Waals surface area contributed by atoms with E-state index in [9.17, 15) is 0 Å². The summed E-state index contributed by atoms with van der Waals surface area (Å²) >= 11 is 4.98. The van der Waals surface area contributed by atoms with Crippen LogP contribution in [0.1, 0.15) is 18.2 Å². The molecule has 3 N–H and O–H groups in total. The summed E-state index contributed by atoms with van der Waals surface area (Å²) in [4.78, 5) is 1.10. The maximum absolute atomic E-state index is 8.78. The van der Waals surface area contributed by atoms with Gasteiger partial charge in [-0.05, 0) is 35.3 Å². The van der Waals surface area contributed by atoms with Crippen LogP contribution in [0.5, 0.6) is 0 Å². The fourth-order valence-corrected chi connectivity index (χ4v) is 2.50. The Hall–Kier alpha value is 0.1000. The normalized spacial score (nSPS) is 16.0. The molecule has 0 amide bonds. The average molecular weight is 250 g/mol. The van der Waals surface area contributed by atoms with Crippen molar-refractivity contribution >= 4 is 27.3 Å². The Morgan fingerprint density at radius 3 is 2.83 bits per heavy atom. The second-order valence-corrected chi connectivity index (χ2v) is 4.85. The van der Waals surface area contributed by atoms with Gasteiger partial charge in [0.1, 0.15) is 0 Å². The Morgan fingerprint density at radius 1 is 1.75 bits per heavy atom. The molecule has 0 aliphatic rings. The van der Waals surface area contributed by atoms with Crippen molar-refractivity contribution in [2.45, 2.75) is 18.9 Å². The number of thiophene rings is 1. The van der Waals surface area contributed by atoms with Gasteiger partial charge in [-0.15, -0.1) is 11.3 Å². The SMILES string of the molecule is C[C@](N)(CCO)c1cc(Br)cs1. The molecule has 0 aliphatic heterocycles. The summed E-state index contributed by atoms with van der Waals surface area (Å²) in [5.41, 5.74) is 5.59. The van der Waals surface area contributed by atoms with Gasteiger partial charge in [0.15, 0.2) is 0 Å². The molecule has 0 aliphatic carbocycles. The van der Waals surface area contributed by atoms with Gasteiger partial charge in [-0.25, -0.2) is 0 Å². The summed E-state index contributed by atoms with van der Waals surface area (Å²) in [6, 6.07) is 2.00. The van der Waals surface area contributed by atoms with E-state index in [1.54, 1.807) is 11.3 Å². The van der Waals surface area contributed by atoms with Crippen LogP contribution < -0.4 is 5.73 Å². The zero-order valence-electron chi connectivity index (χ0n) is 6.88. The predicted molar refractivity (Wildman–Crippen MR) is 55.3 cm³/mol. The molecule has 0 unspecified atom stereocenters. The van der Waals surface area contributed by atoms with E-state index in [0.717, 1.165) is 9.35 Å². The molecule has 1 aromatic heterocycles. The van der Waals surface area contributed by atoms with E-state index in [4.69, 9.17) is 10.8 Å². The number of hydrogen-bond donors (Lipinski definition) is 2. The van der Waals surface area contributed by atoms with Crippen molar-refractivity contribution in [1.82, 2.24) is 0 Å². The van der Waals surface area contributed by atoms with Gasteiger partial charge >= 0.3 is 0 Å². The van der Waals surface area contributed by atoms with Gasteiger partial charge in [0.2, 0.25) is 0 Å². The zero-order valence-corrected chi connectivity index (χ0v) is 9.28. The number of aliphatic hydroxyl groups is 1. The first kappa shape index (κ1) is 10.2. The summed E-state index contributed by atoms with van der Waals surface area (Å²) in [7, 11) is 0. The molecule has 4 heteroatoms. The predicted octanol–water partition coefficient (Wildman–Crippen LogP) is 2.07. The molecule has 0 aromatic carbocycles. The smallest absolute Gasteiger partial charge is 0.0497 e. The lowest BCUT2D eigenvalue weighted by Crippen LogP contribution is -2.32. The van der Waals surface area contributed by atoms with Crippen LogP contribution >= 0.6 is 27.3 Å². The summed E-state index contributed by atoms with van der Waals surface area (Å²) in [6.45, 7) is 2.06. The van der Waals surface area contributed by atoms with Crippen LogP contribution in [0.4, 0.5) is 0 Å². The lowest BCUT2D eigenvalue weighted by Gasteiger charge is -2.21. The minimum atomic E-state index is -0.397. The van der Waals surface area contributed by atoms with Crippen LogP contribution in [0.3, 0.4) is 0 Å². The maximum atomic E-state index is 8.78. The Balaban J connectivity index is 2.81. The third-order valence-electron chi connectivity index (χ3n) is 1.76. The van der Waals surface area contributed by atoms with Crippen molar-refractivity contribution in [3.63, 3.8) is 0 Å². The van der Waals surface area contributed by atoms with Gasteiger partial charge in [-0.3, -0.25) is 0 Å². The zero-order chi connectivity index (χ0) is 9.19. The highest BCUT2D eigenvalue weighted by Crippen LogP contribution is 2.29. The minimum Gasteiger partial charge on any atom is -0.396 e. The first-order valence-corrected chi connectivity index (χ1v) is 5.38. The van der Waals surface area contributed by atoms with E-state index < -0.39 is 5.54 Å². The van der Waals surface area contributed by atoms with E-state index in [1.165, 1.54) is 0 Å². The Bertz CT molecular complexity index is 259. The fraction of sp³-hybridized carbons (Fsp3) is 0.500. The van der Waals surface area contributed by atoms with Crippen molar-refractivity contribution in [2.75, 3.05) is 6.61 Å². The van der Waals surface area contributed by atoms with Gasteiger partial charge in [0.05, 0.1) is 0 Å². The van der Waals surface area contributed by atoms with Gasteiger partial charge < -0.3 is 10.8 Å². The topological polar surface area (TPSA) is 46.2 Å². The minimum absolute atomic E-state index is 0.127. The molecule has 2 nitrogen and oxygen atoms in total. The van der Waals surface area contributed by atoms with Crippen molar-refractivity contribution in [3.05, 3.63) is 20.8 Å². The number of nitrogens with two attached hydrogens (primary N) is 1. The van der Waals surface area contributed by atoms with Gasteiger partial charge in [0, 0.05) is 26.9 Å². The maximum Gasteiger partial charge on any atom is 0.0497 e. The average Bonchev–Trinajstić information content (AvgIpc) is 2.36. The molecule has 1 atom stereocenters. The molecule has 0 bridgehead atoms. The molecule has 12 heavy (non-hydrogen) atoms. The molecule has 0 radical (unpaired) electrons. The Labute approximate surface area is 84.5 Å². The molecule has 0 saturated heterocycles. The molecule has 68 valence electrons.